The molecule has 4 nitrogen and oxygen atoms in total. The Morgan fingerprint density at radius 1 is 1.24 bits per heavy atom. The number of benzene rings is 1. The van der Waals surface area contributed by atoms with Crippen molar-refractivity contribution >= 4 is 21.8 Å². The van der Waals surface area contributed by atoms with Crippen molar-refractivity contribution in [3.8, 4) is 5.75 Å². The van der Waals surface area contributed by atoms with E-state index in [2.05, 4.69) is 44.3 Å². The maximum Gasteiger partial charge on any atom is 0.226 e. The number of ether oxygens (including phenoxy) is 1. The molecule has 4 bridgehead atoms. The van der Waals surface area contributed by atoms with Gasteiger partial charge in [-0.1, -0.05) is 28.1 Å². The van der Waals surface area contributed by atoms with Crippen LogP contribution in [-0.4, -0.2) is 41.9 Å². The summed E-state index contributed by atoms with van der Waals surface area (Å²) in [6, 6.07) is 8.59. The van der Waals surface area contributed by atoms with Crippen molar-refractivity contribution in [1.29, 1.82) is 0 Å². The van der Waals surface area contributed by atoms with E-state index >= 15 is 0 Å². The van der Waals surface area contributed by atoms with E-state index in [1.165, 1.54) is 37.7 Å². The second-order valence-corrected chi connectivity index (χ2v) is 11.8. The highest BCUT2D eigenvalue weighted by Gasteiger charge is 2.59. The quantitative estimate of drug-likeness (QED) is 0.626. The van der Waals surface area contributed by atoms with Gasteiger partial charge in [0.1, 0.15) is 5.75 Å². The van der Waals surface area contributed by atoms with Crippen LogP contribution in [0.15, 0.2) is 24.3 Å². The van der Waals surface area contributed by atoms with Crippen LogP contribution >= 0.6 is 15.9 Å². The number of rotatable bonds is 6. The van der Waals surface area contributed by atoms with E-state index < -0.39 is 0 Å². The molecule has 29 heavy (non-hydrogen) atoms. The zero-order valence-electron chi connectivity index (χ0n) is 17.5. The van der Waals surface area contributed by atoms with E-state index in [4.69, 9.17) is 4.74 Å². The Hall–Kier alpha value is -1.07. The van der Waals surface area contributed by atoms with Crippen LogP contribution in [0.4, 0.5) is 0 Å². The van der Waals surface area contributed by atoms with Gasteiger partial charge in [0.05, 0.1) is 18.6 Å². The van der Waals surface area contributed by atoms with Crippen LogP contribution in [0.1, 0.15) is 63.0 Å². The number of hydrogen-bond donors (Lipinski definition) is 1. The number of methoxy groups -OCH3 is 1. The molecule has 0 radical (unpaired) electrons. The van der Waals surface area contributed by atoms with Crippen molar-refractivity contribution in [3.05, 3.63) is 29.8 Å². The number of hydrogen-bond acceptors (Lipinski definition) is 3. The lowest BCUT2D eigenvalue weighted by molar-refractivity contribution is -0.144. The molecule has 0 aromatic heterocycles. The highest BCUT2D eigenvalue weighted by Crippen LogP contribution is 2.64. The Morgan fingerprint density at radius 3 is 2.62 bits per heavy atom. The molecule has 5 fully saturated rings. The first-order valence-electron chi connectivity index (χ1n) is 11.3. The number of carbonyl (C=O) groups is 1. The molecule has 5 heteroatoms. The van der Waals surface area contributed by atoms with Crippen LogP contribution in [0.2, 0.25) is 0 Å². The van der Waals surface area contributed by atoms with Gasteiger partial charge in [-0.25, -0.2) is 0 Å². The van der Waals surface area contributed by atoms with Gasteiger partial charge >= 0.3 is 0 Å². The van der Waals surface area contributed by atoms with Crippen molar-refractivity contribution in [2.75, 3.05) is 26.7 Å². The minimum absolute atomic E-state index is 0.141. The number of nitrogens with one attached hydrogen (secondary N) is 1. The number of halogens is 1. The predicted molar refractivity (Wildman–Crippen MR) is 118 cm³/mol. The summed E-state index contributed by atoms with van der Waals surface area (Å²) < 4.78 is 5.68. The summed E-state index contributed by atoms with van der Waals surface area (Å²) in [7, 11) is 1.72. The average Bonchev–Trinajstić information content (AvgIpc) is 3.21. The van der Waals surface area contributed by atoms with Gasteiger partial charge in [-0.2, -0.15) is 0 Å². The Morgan fingerprint density at radius 2 is 1.97 bits per heavy atom. The summed E-state index contributed by atoms with van der Waals surface area (Å²) in [5.41, 5.74) is 1.10. The predicted octanol–water partition coefficient (Wildman–Crippen LogP) is 4.68. The second-order valence-electron chi connectivity index (χ2n) is 10.1. The number of amides is 1. The van der Waals surface area contributed by atoms with E-state index in [1.54, 1.807) is 7.11 Å². The molecule has 1 N–H and O–H groups in total. The minimum atomic E-state index is -0.141. The third-order valence-corrected chi connectivity index (χ3v) is 8.92. The highest BCUT2D eigenvalue weighted by atomic mass is 79.9. The highest BCUT2D eigenvalue weighted by molar-refractivity contribution is 9.10. The van der Waals surface area contributed by atoms with Crippen molar-refractivity contribution in [2.45, 2.75) is 61.7 Å². The molecule has 1 aliphatic heterocycles. The molecule has 6 rings (SSSR count). The molecule has 158 valence electrons. The first-order valence-corrected chi connectivity index (χ1v) is 12.1. The third kappa shape index (κ3) is 3.74. The molecular formula is C24H33BrN2O2. The fourth-order valence-electron chi connectivity index (χ4n) is 7.15. The fourth-order valence-corrected chi connectivity index (χ4v) is 8.61. The monoisotopic (exact) mass is 460 g/mol. The van der Waals surface area contributed by atoms with Gasteiger partial charge in [0.15, 0.2) is 0 Å². The maximum absolute atomic E-state index is 13.5. The van der Waals surface area contributed by atoms with Crippen LogP contribution < -0.4 is 10.1 Å². The molecule has 3 atom stereocenters. The van der Waals surface area contributed by atoms with Gasteiger partial charge in [0.25, 0.3) is 0 Å². The largest absolute Gasteiger partial charge is 0.497 e. The first kappa shape index (κ1) is 19.9. The van der Waals surface area contributed by atoms with Gasteiger partial charge in [0.2, 0.25) is 5.91 Å². The smallest absolute Gasteiger partial charge is 0.226 e. The average molecular weight is 461 g/mol. The van der Waals surface area contributed by atoms with Gasteiger partial charge in [-0.05, 0) is 94.0 Å². The van der Waals surface area contributed by atoms with Crippen molar-refractivity contribution in [3.63, 3.8) is 0 Å². The molecule has 1 aromatic rings. The van der Waals surface area contributed by atoms with E-state index in [0.29, 0.717) is 12.5 Å². The van der Waals surface area contributed by atoms with Crippen molar-refractivity contribution in [2.24, 2.45) is 17.3 Å². The summed E-state index contributed by atoms with van der Waals surface area (Å²) >= 11 is 4.05. The minimum Gasteiger partial charge on any atom is -0.497 e. The van der Waals surface area contributed by atoms with Crippen LogP contribution in [0.3, 0.4) is 0 Å². The molecule has 1 saturated heterocycles. The standard InChI is InChI=1S/C24H33BrN2O2/c1-29-20-6-4-5-19(10-20)21(27-7-2-3-8-27)15-26-22(28)23-11-17-9-18(12-23)14-24(25,13-17)16-23/h4-6,10,17-18,21H,2-3,7-9,11-16H2,1H3,(H,26,28). The van der Waals surface area contributed by atoms with Gasteiger partial charge in [0, 0.05) is 10.9 Å². The molecule has 5 aliphatic rings. The summed E-state index contributed by atoms with van der Waals surface area (Å²) in [5, 5.41) is 3.43. The first-order chi connectivity index (χ1) is 14.0. The van der Waals surface area contributed by atoms with Gasteiger partial charge < -0.3 is 10.1 Å². The maximum atomic E-state index is 13.5. The molecule has 0 spiro atoms. The summed E-state index contributed by atoms with van der Waals surface area (Å²) in [4.78, 5) is 16.1. The SMILES string of the molecule is COc1cccc(C(CNC(=O)C23CC4CC(CC(Br)(C4)C2)C3)N2CCCC2)c1. The zero-order valence-corrected chi connectivity index (χ0v) is 19.0. The Bertz CT molecular complexity index is 762. The molecule has 3 unspecified atom stereocenters. The van der Waals surface area contributed by atoms with E-state index in [1.807, 2.05) is 6.07 Å². The zero-order chi connectivity index (χ0) is 20.1. The lowest BCUT2D eigenvalue weighted by Crippen LogP contribution is -2.58. The number of likely N-dealkylation sites (tertiary alicyclic amines) is 1. The van der Waals surface area contributed by atoms with E-state index in [0.717, 1.165) is 49.9 Å². The van der Waals surface area contributed by atoms with Crippen LogP contribution in [0, 0.1) is 17.3 Å². The Balaban J connectivity index is 1.33. The summed E-state index contributed by atoms with van der Waals surface area (Å²) in [6.07, 6.45) is 9.56. The normalized spacial score (nSPS) is 36.9. The molecule has 1 amide bonds. The van der Waals surface area contributed by atoms with Crippen LogP contribution in [0.5, 0.6) is 5.75 Å². The van der Waals surface area contributed by atoms with Gasteiger partial charge in [-0.3, -0.25) is 9.69 Å². The van der Waals surface area contributed by atoms with Crippen LogP contribution in [0.25, 0.3) is 0 Å². The molecule has 1 heterocycles. The van der Waals surface area contributed by atoms with Crippen LogP contribution in [-0.2, 0) is 4.79 Å². The summed E-state index contributed by atoms with van der Waals surface area (Å²) in [5.74, 6) is 2.66. The van der Waals surface area contributed by atoms with E-state index in [-0.39, 0.29) is 15.8 Å². The van der Waals surface area contributed by atoms with E-state index in [9.17, 15) is 4.79 Å². The second kappa shape index (κ2) is 7.56. The molecule has 4 aliphatic carbocycles. The van der Waals surface area contributed by atoms with Gasteiger partial charge in [-0.15, -0.1) is 0 Å². The molecular weight excluding hydrogens is 428 g/mol. The van der Waals surface area contributed by atoms with Crippen molar-refractivity contribution < 1.29 is 9.53 Å². The topological polar surface area (TPSA) is 41.6 Å². The molecule has 4 saturated carbocycles. The summed E-state index contributed by atoms with van der Waals surface area (Å²) in [6.45, 7) is 2.91. The fraction of sp³-hybridized carbons (Fsp3) is 0.708. The number of carbonyl (C=O) groups excluding carboxylic acids is 1. The lowest BCUT2D eigenvalue weighted by Gasteiger charge is -2.59. The van der Waals surface area contributed by atoms with Crippen molar-refractivity contribution in [1.82, 2.24) is 10.2 Å². The number of nitrogens with zero attached hydrogens (tertiary/aromatic N) is 1. The Labute approximate surface area is 182 Å². The lowest BCUT2D eigenvalue weighted by atomic mass is 9.49. The number of alkyl halides is 1. The molecule has 1 aromatic carbocycles. The Kier molecular flexibility index (Phi) is 5.18. The third-order valence-electron chi connectivity index (χ3n) is 7.99.